The molecule has 0 aliphatic carbocycles. The molecular formula is C15H23N3O2. The lowest BCUT2D eigenvalue weighted by atomic mass is 10.2. The zero-order chi connectivity index (χ0) is 14.4. The van der Waals surface area contributed by atoms with E-state index < -0.39 is 0 Å². The number of aromatic nitrogens is 1. The van der Waals surface area contributed by atoms with Crippen molar-refractivity contribution in [1.82, 2.24) is 10.3 Å². The van der Waals surface area contributed by atoms with Crippen molar-refractivity contribution in [3.8, 4) is 0 Å². The Balaban J connectivity index is 2.00. The third-order valence-corrected chi connectivity index (χ3v) is 3.61. The van der Waals surface area contributed by atoms with Crippen LogP contribution in [0.2, 0.25) is 0 Å². The van der Waals surface area contributed by atoms with E-state index in [0.29, 0.717) is 13.2 Å². The van der Waals surface area contributed by atoms with E-state index in [-0.39, 0.29) is 12.0 Å². The Labute approximate surface area is 120 Å². The van der Waals surface area contributed by atoms with E-state index in [2.05, 4.69) is 29.0 Å². The van der Waals surface area contributed by atoms with Crippen LogP contribution in [0.25, 0.3) is 0 Å². The first-order chi connectivity index (χ1) is 9.76. The Morgan fingerprint density at radius 3 is 2.95 bits per heavy atom. The first-order valence-corrected chi connectivity index (χ1v) is 7.34. The number of carbonyl (C=O) groups excluding carboxylic acids is 1. The van der Waals surface area contributed by atoms with Gasteiger partial charge in [-0.3, -0.25) is 4.79 Å². The molecular weight excluding hydrogens is 254 g/mol. The maximum Gasteiger partial charge on any atom is 0.249 e. The van der Waals surface area contributed by atoms with Crippen LogP contribution in [0, 0.1) is 0 Å². The van der Waals surface area contributed by atoms with Gasteiger partial charge in [0.2, 0.25) is 5.91 Å². The van der Waals surface area contributed by atoms with Gasteiger partial charge in [0.05, 0.1) is 0 Å². The van der Waals surface area contributed by atoms with E-state index in [1.807, 2.05) is 12.1 Å². The molecule has 2 heterocycles. The number of anilines is 1. The van der Waals surface area contributed by atoms with Gasteiger partial charge in [0.15, 0.2) is 0 Å². The van der Waals surface area contributed by atoms with E-state index in [1.165, 1.54) is 0 Å². The highest BCUT2D eigenvalue weighted by atomic mass is 16.5. The van der Waals surface area contributed by atoms with Crippen LogP contribution in [0.1, 0.15) is 32.3 Å². The van der Waals surface area contributed by atoms with E-state index >= 15 is 0 Å². The van der Waals surface area contributed by atoms with E-state index in [9.17, 15) is 4.79 Å². The summed E-state index contributed by atoms with van der Waals surface area (Å²) >= 11 is 0. The average molecular weight is 277 g/mol. The third-order valence-electron chi connectivity index (χ3n) is 3.61. The number of hydrogen-bond donors (Lipinski definition) is 1. The molecule has 1 unspecified atom stereocenters. The second-order valence-electron chi connectivity index (χ2n) is 4.88. The van der Waals surface area contributed by atoms with Crippen molar-refractivity contribution in [3.63, 3.8) is 0 Å². The second kappa shape index (κ2) is 7.24. The second-order valence-corrected chi connectivity index (χ2v) is 4.88. The molecule has 0 aromatic carbocycles. The maximum absolute atomic E-state index is 12.0. The molecule has 20 heavy (non-hydrogen) atoms. The van der Waals surface area contributed by atoms with Crippen molar-refractivity contribution < 1.29 is 9.53 Å². The van der Waals surface area contributed by atoms with Crippen LogP contribution in [-0.4, -0.2) is 36.7 Å². The maximum atomic E-state index is 12.0. The predicted molar refractivity (Wildman–Crippen MR) is 78.6 cm³/mol. The summed E-state index contributed by atoms with van der Waals surface area (Å²) in [7, 11) is 0. The molecule has 2 rings (SSSR count). The summed E-state index contributed by atoms with van der Waals surface area (Å²) in [5, 5.41) is 2.95. The van der Waals surface area contributed by atoms with Crippen LogP contribution < -0.4 is 10.2 Å². The number of amides is 1. The normalized spacial score (nSPS) is 18.0. The minimum atomic E-state index is -0.274. The smallest absolute Gasteiger partial charge is 0.249 e. The lowest BCUT2D eigenvalue weighted by Crippen LogP contribution is -2.34. The summed E-state index contributed by atoms with van der Waals surface area (Å²) in [5.41, 5.74) is 1.04. The Hall–Kier alpha value is -1.62. The molecule has 5 heteroatoms. The van der Waals surface area contributed by atoms with Crippen molar-refractivity contribution >= 4 is 11.7 Å². The lowest BCUT2D eigenvalue weighted by molar-refractivity contribution is -0.130. The summed E-state index contributed by atoms with van der Waals surface area (Å²) in [6.07, 6.45) is 3.31. The number of nitrogens with one attached hydrogen (secondary N) is 1. The van der Waals surface area contributed by atoms with Crippen molar-refractivity contribution in [1.29, 1.82) is 0 Å². The first kappa shape index (κ1) is 14.8. The SMILES string of the molecule is CCN(CC)c1ncccc1CNC(=O)C1CCCO1. The largest absolute Gasteiger partial charge is 0.368 e. The van der Waals surface area contributed by atoms with Crippen molar-refractivity contribution in [2.75, 3.05) is 24.6 Å². The monoisotopic (exact) mass is 277 g/mol. The van der Waals surface area contributed by atoms with Gasteiger partial charge in [-0.1, -0.05) is 6.07 Å². The fourth-order valence-corrected chi connectivity index (χ4v) is 2.46. The summed E-state index contributed by atoms with van der Waals surface area (Å²) < 4.78 is 5.39. The van der Waals surface area contributed by atoms with E-state index in [0.717, 1.165) is 37.3 Å². The van der Waals surface area contributed by atoms with Crippen LogP contribution >= 0.6 is 0 Å². The molecule has 0 bridgehead atoms. The first-order valence-electron chi connectivity index (χ1n) is 7.34. The van der Waals surface area contributed by atoms with E-state index in [1.54, 1.807) is 6.20 Å². The Bertz CT molecular complexity index is 440. The van der Waals surface area contributed by atoms with Crippen LogP contribution in [0.15, 0.2) is 18.3 Å². The lowest BCUT2D eigenvalue weighted by Gasteiger charge is -2.23. The molecule has 1 aliphatic rings. The minimum absolute atomic E-state index is 0.0168. The average Bonchev–Trinajstić information content (AvgIpc) is 3.01. The van der Waals surface area contributed by atoms with E-state index in [4.69, 9.17) is 4.74 Å². The van der Waals surface area contributed by atoms with Gasteiger partial charge in [0.25, 0.3) is 0 Å². The van der Waals surface area contributed by atoms with Crippen LogP contribution in [0.5, 0.6) is 0 Å². The minimum Gasteiger partial charge on any atom is -0.368 e. The summed E-state index contributed by atoms with van der Waals surface area (Å²) in [6, 6.07) is 3.91. The molecule has 1 N–H and O–H groups in total. The van der Waals surface area contributed by atoms with Gasteiger partial charge >= 0.3 is 0 Å². The molecule has 110 valence electrons. The molecule has 5 nitrogen and oxygen atoms in total. The highest BCUT2D eigenvalue weighted by Gasteiger charge is 2.23. The highest BCUT2D eigenvalue weighted by Crippen LogP contribution is 2.17. The number of hydrogen-bond acceptors (Lipinski definition) is 4. The molecule has 1 fully saturated rings. The fraction of sp³-hybridized carbons (Fsp3) is 0.600. The number of carbonyl (C=O) groups is 1. The molecule has 1 aromatic heterocycles. The zero-order valence-corrected chi connectivity index (χ0v) is 12.3. The van der Waals surface area contributed by atoms with Gasteiger partial charge in [-0.25, -0.2) is 4.98 Å². The highest BCUT2D eigenvalue weighted by molar-refractivity contribution is 5.81. The van der Waals surface area contributed by atoms with Crippen LogP contribution in [0.4, 0.5) is 5.82 Å². The number of ether oxygens (including phenoxy) is 1. The molecule has 1 saturated heterocycles. The quantitative estimate of drug-likeness (QED) is 0.860. The molecule has 0 radical (unpaired) electrons. The van der Waals surface area contributed by atoms with Gasteiger partial charge in [-0.2, -0.15) is 0 Å². The van der Waals surface area contributed by atoms with Crippen LogP contribution in [-0.2, 0) is 16.1 Å². The molecule has 1 amide bonds. The number of rotatable bonds is 6. The van der Waals surface area contributed by atoms with Crippen molar-refractivity contribution in [3.05, 3.63) is 23.9 Å². The number of nitrogens with zero attached hydrogens (tertiary/aromatic N) is 2. The van der Waals surface area contributed by atoms with Gasteiger partial charge in [-0.05, 0) is 32.8 Å². The fourth-order valence-electron chi connectivity index (χ4n) is 2.46. The van der Waals surface area contributed by atoms with Gasteiger partial charge in [0, 0.05) is 38.0 Å². The van der Waals surface area contributed by atoms with Gasteiger partial charge in [-0.15, -0.1) is 0 Å². The van der Waals surface area contributed by atoms with Crippen LogP contribution in [0.3, 0.4) is 0 Å². The summed E-state index contributed by atoms with van der Waals surface area (Å²) in [6.45, 7) is 7.20. The zero-order valence-electron chi connectivity index (χ0n) is 12.3. The molecule has 0 saturated carbocycles. The Morgan fingerprint density at radius 1 is 1.50 bits per heavy atom. The Kier molecular flexibility index (Phi) is 5.35. The summed E-state index contributed by atoms with van der Waals surface area (Å²) in [5.74, 6) is 0.932. The molecule has 0 spiro atoms. The van der Waals surface area contributed by atoms with Crippen molar-refractivity contribution in [2.24, 2.45) is 0 Å². The third kappa shape index (κ3) is 3.48. The Morgan fingerprint density at radius 2 is 2.30 bits per heavy atom. The topological polar surface area (TPSA) is 54.5 Å². The number of pyridine rings is 1. The molecule has 1 atom stereocenters. The molecule has 1 aromatic rings. The van der Waals surface area contributed by atoms with Crippen molar-refractivity contribution in [2.45, 2.75) is 39.3 Å². The van der Waals surface area contributed by atoms with Gasteiger partial charge in [0.1, 0.15) is 11.9 Å². The molecule has 1 aliphatic heterocycles. The predicted octanol–water partition coefficient (Wildman–Crippen LogP) is 1.72. The standard InChI is InChI=1S/C15H23N3O2/c1-3-18(4-2)14-12(7-5-9-16-14)11-17-15(19)13-8-6-10-20-13/h5,7,9,13H,3-4,6,8,10-11H2,1-2H3,(H,17,19). The van der Waals surface area contributed by atoms with Gasteiger partial charge < -0.3 is 15.0 Å². The summed E-state index contributed by atoms with van der Waals surface area (Å²) in [4.78, 5) is 18.6.